The van der Waals surface area contributed by atoms with Crippen molar-refractivity contribution in [2.75, 3.05) is 0 Å². The summed E-state index contributed by atoms with van der Waals surface area (Å²) < 4.78 is 0. The van der Waals surface area contributed by atoms with E-state index in [1.807, 2.05) is 0 Å². The molecule has 0 radical (unpaired) electrons. The minimum absolute atomic E-state index is 0.537. The van der Waals surface area contributed by atoms with E-state index in [0.717, 1.165) is 29.8 Å². The predicted octanol–water partition coefficient (Wildman–Crippen LogP) is 2.70. The Morgan fingerprint density at radius 3 is 2.41 bits per heavy atom. The van der Waals surface area contributed by atoms with Crippen LogP contribution in [0.2, 0.25) is 0 Å². The number of hydrogen-bond acceptors (Lipinski definition) is 2. The smallest absolute Gasteiger partial charge is 0.0280 e. The van der Waals surface area contributed by atoms with E-state index in [1.165, 1.54) is 32.1 Å². The van der Waals surface area contributed by atoms with Crippen molar-refractivity contribution in [1.82, 2.24) is 10.9 Å². The normalized spacial score (nSPS) is 55.9. The molecule has 0 aromatic carbocycles. The maximum Gasteiger partial charge on any atom is 0.0280 e. The SMILES string of the molecule is CC1(C)[C@@H]2CC[C@]1(C)C1CC(C3CC3)NNC12. The molecule has 4 fully saturated rings. The summed E-state index contributed by atoms with van der Waals surface area (Å²) in [4.78, 5) is 0. The van der Waals surface area contributed by atoms with Crippen LogP contribution in [0.25, 0.3) is 0 Å². The van der Waals surface area contributed by atoms with Crippen molar-refractivity contribution in [3.8, 4) is 0 Å². The van der Waals surface area contributed by atoms with Crippen molar-refractivity contribution >= 4 is 0 Å². The van der Waals surface area contributed by atoms with Crippen molar-refractivity contribution in [3.05, 3.63) is 0 Å². The minimum Gasteiger partial charge on any atom is -0.254 e. The van der Waals surface area contributed by atoms with Gasteiger partial charge in [0.2, 0.25) is 0 Å². The van der Waals surface area contributed by atoms with Crippen LogP contribution in [0.1, 0.15) is 52.9 Å². The van der Waals surface area contributed by atoms with Gasteiger partial charge in [0.25, 0.3) is 0 Å². The summed E-state index contributed by atoms with van der Waals surface area (Å²) in [5, 5.41) is 0. The van der Waals surface area contributed by atoms with Gasteiger partial charge in [0.05, 0.1) is 0 Å². The van der Waals surface area contributed by atoms with Gasteiger partial charge in [-0.1, -0.05) is 20.8 Å². The Morgan fingerprint density at radius 1 is 0.941 bits per heavy atom. The first-order valence-electron chi connectivity index (χ1n) is 7.55. The number of fused-ring (bicyclic) bond motifs is 5. The van der Waals surface area contributed by atoms with E-state index < -0.39 is 0 Å². The lowest BCUT2D eigenvalue weighted by atomic mass is 9.64. The summed E-state index contributed by atoms with van der Waals surface area (Å²) in [5.74, 6) is 2.79. The molecule has 1 heterocycles. The van der Waals surface area contributed by atoms with Crippen molar-refractivity contribution in [1.29, 1.82) is 0 Å². The van der Waals surface area contributed by atoms with Crippen molar-refractivity contribution in [2.45, 2.75) is 65.0 Å². The summed E-state index contributed by atoms with van der Waals surface area (Å²) >= 11 is 0. The Morgan fingerprint density at radius 2 is 1.71 bits per heavy atom. The van der Waals surface area contributed by atoms with E-state index in [0.29, 0.717) is 10.8 Å². The average Bonchev–Trinajstić information content (AvgIpc) is 3.07. The van der Waals surface area contributed by atoms with Gasteiger partial charge in [0.15, 0.2) is 0 Å². The molecule has 3 saturated carbocycles. The zero-order valence-electron chi connectivity index (χ0n) is 11.4. The molecule has 2 heteroatoms. The lowest BCUT2D eigenvalue weighted by Crippen LogP contribution is -2.59. The molecule has 0 aromatic heterocycles. The summed E-state index contributed by atoms with van der Waals surface area (Å²) in [7, 11) is 0. The molecule has 17 heavy (non-hydrogen) atoms. The van der Waals surface area contributed by atoms with Crippen LogP contribution in [-0.4, -0.2) is 12.1 Å². The third kappa shape index (κ3) is 1.19. The van der Waals surface area contributed by atoms with Crippen LogP contribution in [-0.2, 0) is 0 Å². The van der Waals surface area contributed by atoms with E-state index in [9.17, 15) is 0 Å². The molecule has 3 unspecified atom stereocenters. The summed E-state index contributed by atoms with van der Waals surface area (Å²) in [6.45, 7) is 7.63. The number of hydrazine groups is 1. The fraction of sp³-hybridized carbons (Fsp3) is 1.00. The molecular weight excluding hydrogens is 208 g/mol. The van der Waals surface area contributed by atoms with Gasteiger partial charge in [-0.15, -0.1) is 0 Å². The van der Waals surface area contributed by atoms with Crippen LogP contribution in [0.5, 0.6) is 0 Å². The van der Waals surface area contributed by atoms with Gasteiger partial charge in [0, 0.05) is 12.1 Å². The van der Waals surface area contributed by atoms with Gasteiger partial charge >= 0.3 is 0 Å². The minimum atomic E-state index is 0.537. The summed E-state index contributed by atoms with van der Waals surface area (Å²) in [6, 6.07) is 1.52. The molecule has 4 aliphatic rings. The lowest BCUT2D eigenvalue weighted by Gasteiger charge is -2.45. The van der Waals surface area contributed by atoms with Crippen LogP contribution in [0.3, 0.4) is 0 Å². The van der Waals surface area contributed by atoms with Crippen molar-refractivity contribution in [3.63, 3.8) is 0 Å². The first-order valence-corrected chi connectivity index (χ1v) is 7.55. The second-order valence-electron chi connectivity index (χ2n) is 7.88. The molecule has 0 spiro atoms. The Kier molecular flexibility index (Phi) is 1.96. The zero-order chi connectivity index (χ0) is 11.8. The highest BCUT2D eigenvalue weighted by Crippen LogP contribution is 2.69. The third-order valence-electron chi connectivity index (χ3n) is 7.19. The quantitative estimate of drug-likeness (QED) is 0.729. The molecule has 2 nitrogen and oxygen atoms in total. The molecule has 1 aliphatic heterocycles. The van der Waals surface area contributed by atoms with E-state index in [-0.39, 0.29) is 0 Å². The second kappa shape index (κ2) is 3.08. The molecule has 0 aromatic rings. The van der Waals surface area contributed by atoms with Crippen molar-refractivity contribution < 1.29 is 0 Å². The molecule has 96 valence electrons. The highest BCUT2D eigenvalue weighted by molar-refractivity contribution is 5.18. The molecule has 2 bridgehead atoms. The van der Waals surface area contributed by atoms with Gasteiger partial charge in [-0.2, -0.15) is 0 Å². The van der Waals surface area contributed by atoms with Crippen LogP contribution in [0, 0.1) is 28.6 Å². The second-order valence-corrected chi connectivity index (χ2v) is 7.88. The Balaban J connectivity index is 1.65. The fourth-order valence-electron chi connectivity index (χ4n) is 5.48. The summed E-state index contributed by atoms with van der Waals surface area (Å²) in [5.41, 5.74) is 8.48. The van der Waals surface area contributed by atoms with Gasteiger partial charge in [-0.05, 0) is 60.7 Å². The van der Waals surface area contributed by atoms with Crippen molar-refractivity contribution in [2.24, 2.45) is 28.6 Å². The first kappa shape index (κ1) is 10.8. The summed E-state index contributed by atoms with van der Waals surface area (Å²) in [6.07, 6.45) is 7.25. The zero-order valence-corrected chi connectivity index (χ0v) is 11.4. The van der Waals surface area contributed by atoms with Crippen LogP contribution < -0.4 is 10.9 Å². The standard InChI is InChI=1S/C15H26N2/c1-14(2)10-6-7-15(14,3)11-8-12(9-4-5-9)16-17-13(10)11/h9-13,16-17H,4-8H2,1-3H3/t10-,11?,12?,13?,15-/m1/s1. The Bertz CT molecular complexity index is 347. The largest absolute Gasteiger partial charge is 0.254 e. The highest BCUT2D eigenvalue weighted by atomic mass is 15.4. The van der Waals surface area contributed by atoms with Gasteiger partial charge in [-0.3, -0.25) is 10.9 Å². The van der Waals surface area contributed by atoms with Crippen LogP contribution >= 0.6 is 0 Å². The number of hydrogen-bond donors (Lipinski definition) is 2. The monoisotopic (exact) mass is 234 g/mol. The molecule has 5 atom stereocenters. The van der Waals surface area contributed by atoms with Gasteiger partial charge in [0.1, 0.15) is 0 Å². The molecule has 0 amide bonds. The molecular formula is C15H26N2. The highest BCUT2D eigenvalue weighted by Gasteiger charge is 2.67. The van der Waals surface area contributed by atoms with E-state index in [1.54, 1.807) is 0 Å². The Hall–Kier alpha value is -0.0800. The van der Waals surface area contributed by atoms with Gasteiger partial charge in [-0.25, -0.2) is 0 Å². The Labute approximate surface area is 105 Å². The van der Waals surface area contributed by atoms with Crippen LogP contribution in [0.15, 0.2) is 0 Å². The van der Waals surface area contributed by atoms with E-state index in [4.69, 9.17) is 0 Å². The maximum absolute atomic E-state index is 3.71. The fourth-order valence-corrected chi connectivity index (χ4v) is 5.48. The molecule has 2 N–H and O–H groups in total. The first-order chi connectivity index (χ1) is 8.04. The van der Waals surface area contributed by atoms with E-state index >= 15 is 0 Å². The third-order valence-corrected chi connectivity index (χ3v) is 7.19. The number of rotatable bonds is 1. The van der Waals surface area contributed by atoms with E-state index in [2.05, 4.69) is 31.6 Å². The van der Waals surface area contributed by atoms with Crippen LogP contribution in [0.4, 0.5) is 0 Å². The predicted molar refractivity (Wildman–Crippen MR) is 69.3 cm³/mol. The van der Waals surface area contributed by atoms with Gasteiger partial charge < -0.3 is 0 Å². The molecule has 3 aliphatic carbocycles. The number of nitrogens with one attached hydrogen (secondary N) is 2. The average molecular weight is 234 g/mol. The lowest BCUT2D eigenvalue weighted by molar-refractivity contribution is 0.0584. The molecule has 1 saturated heterocycles. The maximum atomic E-state index is 3.71. The molecule has 4 rings (SSSR count). The topological polar surface area (TPSA) is 24.1 Å².